The Morgan fingerprint density at radius 3 is 3.00 bits per heavy atom. The van der Waals surface area contributed by atoms with Gasteiger partial charge < -0.3 is 0 Å². The van der Waals surface area contributed by atoms with Gasteiger partial charge in [-0.15, -0.1) is 0 Å². The van der Waals surface area contributed by atoms with Gasteiger partial charge in [0.25, 0.3) is 0 Å². The molecule has 0 spiro atoms. The summed E-state index contributed by atoms with van der Waals surface area (Å²) in [6, 6.07) is 6.14. The second-order valence-electron chi connectivity index (χ2n) is 3.71. The molecule has 0 amide bonds. The molecule has 0 aliphatic rings. The summed E-state index contributed by atoms with van der Waals surface area (Å²) in [7, 11) is 0. The Bertz CT molecular complexity index is 672. The van der Waals surface area contributed by atoms with Crippen LogP contribution in [0.25, 0.3) is 28.2 Å². The van der Waals surface area contributed by atoms with Crippen LogP contribution in [0.2, 0.25) is 0 Å². The molecule has 0 bridgehead atoms. The smallest absolute Gasteiger partial charge is 0.0893 e. The lowest BCUT2D eigenvalue weighted by atomic mass is 10.1. The van der Waals surface area contributed by atoms with Gasteiger partial charge in [-0.2, -0.15) is 11.3 Å². The van der Waals surface area contributed by atoms with Gasteiger partial charge in [-0.3, -0.25) is 4.98 Å². The lowest BCUT2D eigenvalue weighted by molar-refractivity contribution is 1.31. The number of aromatic nitrogens is 2. The molecule has 3 rings (SSSR count). The van der Waals surface area contributed by atoms with Crippen molar-refractivity contribution in [1.82, 2.24) is 9.97 Å². The Morgan fingerprint density at radius 1 is 1.29 bits per heavy atom. The monoisotopic (exact) mass is 238 g/mol. The third-order valence-corrected chi connectivity index (χ3v) is 3.35. The van der Waals surface area contributed by atoms with E-state index in [1.807, 2.05) is 12.1 Å². The first-order valence-corrected chi connectivity index (χ1v) is 6.22. The maximum absolute atomic E-state index is 4.66. The van der Waals surface area contributed by atoms with E-state index in [2.05, 4.69) is 39.4 Å². The highest BCUT2D eigenvalue weighted by Gasteiger charge is 2.07. The Hall–Kier alpha value is -2.00. The van der Waals surface area contributed by atoms with Crippen LogP contribution in [-0.2, 0) is 0 Å². The van der Waals surface area contributed by atoms with E-state index in [-0.39, 0.29) is 0 Å². The molecule has 0 aromatic carbocycles. The molecule has 2 nitrogen and oxygen atoms in total. The van der Waals surface area contributed by atoms with Gasteiger partial charge in [0.2, 0.25) is 0 Å². The van der Waals surface area contributed by atoms with E-state index in [1.165, 1.54) is 0 Å². The first-order chi connectivity index (χ1) is 8.38. The number of thiophene rings is 1. The summed E-state index contributed by atoms with van der Waals surface area (Å²) < 4.78 is 0. The number of hydrogen-bond donors (Lipinski definition) is 0. The summed E-state index contributed by atoms with van der Waals surface area (Å²) in [5, 5.41) is 5.24. The molecule has 0 N–H and O–H groups in total. The van der Waals surface area contributed by atoms with Crippen LogP contribution >= 0.6 is 11.3 Å². The van der Waals surface area contributed by atoms with Crippen molar-refractivity contribution in [3.8, 4) is 11.3 Å². The van der Waals surface area contributed by atoms with Crippen LogP contribution in [0.1, 0.15) is 5.56 Å². The van der Waals surface area contributed by atoms with Crippen LogP contribution in [0.4, 0.5) is 0 Å². The summed E-state index contributed by atoms with van der Waals surface area (Å²) in [6.07, 6.45) is 5.42. The first kappa shape index (κ1) is 10.2. The summed E-state index contributed by atoms with van der Waals surface area (Å²) in [6.45, 7) is 3.86. The zero-order valence-electron chi connectivity index (χ0n) is 9.13. The predicted molar refractivity (Wildman–Crippen MR) is 72.9 cm³/mol. The fraction of sp³-hybridized carbons (Fsp3) is 0. The molecule has 0 radical (unpaired) electrons. The molecule has 0 aliphatic heterocycles. The third kappa shape index (κ3) is 1.74. The van der Waals surface area contributed by atoms with Gasteiger partial charge in [-0.05, 0) is 23.6 Å². The van der Waals surface area contributed by atoms with Crippen molar-refractivity contribution < 1.29 is 0 Å². The summed E-state index contributed by atoms with van der Waals surface area (Å²) >= 11 is 1.67. The summed E-state index contributed by atoms with van der Waals surface area (Å²) in [5.74, 6) is 0. The lowest BCUT2D eigenvalue weighted by Crippen LogP contribution is -1.89. The Labute approximate surface area is 103 Å². The van der Waals surface area contributed by atoms with Crippen molar-refractivity contribution in [2.45, 2.75) is 0 Å². The fourth-order valence-electron chi connectivity index (χ4n) is 1.82. The molecular formula is C14H10N2S. The van der Waals surface area contributed by atoms with Gasteiger partial charge >= 0.3 is 0 Å². The maximum atomic E-state index is 4.66. The predicted octanol–water partition coefficient (Wildman–Crippen LogP) is 4.00. The molecule has 0 saturated heterocycles. The van der Waals surface area contributed by atoms with E-state index in [9.17, 15) is 0 Å². The van der Waals surface area contributed by atoms with Crippen molar-refractivity contribution in [2.24, 2.45) is 0 Å². The number of hydrogen-bond acceptors (Lipinski definition) is 3. The van der Waals surface area contributed by atoms with Gasteiger partial charge in [-0.25, -0.2) is 4.98 Å². The molecule has 0 fully saturated rings. The average Bonchev–Trinajstić information content (AvgIpc) is 2.91. The molecule has 17 heavy (non-hydrogen) atoms. The SMILES string of the molecule is C=Cc1cc2ccncc2nc1-c1ccsc1. The van der Waals surface area contributed by atoms with Gasteiger partial charge in [0.05, 0.1) is 17.4 Å². The van der Waals surface area contributed by atoms with Gasteiger partial charge in [0.15, 0.2) is 0 Å². The molecular weight excluding hydrogens is 228 g/mol. The second kappa shape index (κ2) is 4.11. The maximum Gasteiger partial charge on any atom is 0.0893 e. The summed E-state index contributed by atoms with van der Waals surface area (Å²) in [5.41, 5.74) is 4.08. The molecule has 0 unspecified atom stereocenters. The number of nitrogens with zero attached hydrogens (tertiary/aromatic N) is 2. The van der Waals surface area contributed by atoms with Gasteiger partial charge in [0.1, 0.15) is 0 Å². The molecule has 3 heterocycles. The molecule has 82 valence electrons. The quantitative estimate of drug-likeness (QED) is 0.674. The van der Waals surface area contributed by atoms with Crippen LogP contribution < -0.4 is 0 Å². The number of fused-ring (bicyclic) bond motifs is 1. The molecule has 3 heteroatoms. The van der Waals surface area contributed by atoms with E-state index in [4.69, 9.17) is 0 Å². The largest absolute Gasteiger partial charge is 0.262 e. The van der Waals surface area contributed by atoms with Crippen LogP contribution in [0.15, 0.2) is 47.9 Å². The lowest BCUT2D eigenvalue weighted by Gasteiger charge is -2.05. The molecule has 3 aromatic heterocycles. The Kier molecular flexibility index (Phi) is 2.46. The molecule has 0 atom stereocenters. The standard InChI is InChI=1S/C14H10N2S/c1-2-10-7-11-3-5-15-8-13(11)16-14(10)12-4-6-17-9-12/h2-9H,1H2. The fourth-order valence-corrected chi connectivity index (χ4v) is 2.46. The number of rotatable bonds is 2. The average molecular weight is 238 g/mol. The van der Waals surface area contributed by atoms with Crippen molar-refractivity contribution >= 4 is 28.3 Å². The minimum atomic E-state index is 0.916. The molecule has 0 saturated carbocycles. The van der Waals surface area contributed by atoms with Crippen LogP contribution in [0.5, 0.6) is 0 Å². The van der Waals surface area contributed by atoms with E-state index in [0.29, 0.717) is 0 Å². The summed E-state index contributed by atoms with van der Waals surface area (Å²) in [4.78, 5) is 8.77. The highest BCUT2D eigenvalue weighted by Crippen LogP contribution is 2.27. The second-order valence-corrected chi connectivity index (χ2v) is 4.49. The van der Waals surface area contributed by atoms with Crippen LogP contribution in [0.3, 0.4) is 0 Å². The Balaban J connectivity index is 2.33. The van der Waals surface area contributed by atoms with E-state index in [1.54, 1.807) is 23.7 Å². The number of pyridine rings is 2. The van der Waals surface area contributed by atoms with Gasteiger partial charge in [0, 0.05) is 28.1 Å². The molecule has 0 aliphatic carbocycles. The molecule has 3 aromatic rings. The topological polar surface area (TPSA) is 25.8 Å². The van der Waals surface area contributed by atoms with Gasteiger partial charge in [-0.1, -0.05) is 12.7 Å². The highest BCUT2D eigenvalue weighted by atomic mass is 32.1. The zero-order valence-corrected chi connectivity index (χ0v) is 9.95. The third-order valence-electron chi connectivity index (χ3n) is 2.66. The van der Waals surface area contributed by atoms with Crippen LogP contribution in [0, 0.1) is 0 Å². The Morgan fingerprint density at radius 2 is 2.24 bits per heavy atom. The minimum absolute atomic E-state index is 0.916. The van der Waals surface area contributed by atoms with Crippen LogP contribution in [-0.4, -0.2) is 9.97 Å². The normalized spacial score (nSPS) is 10.6. The highest BCUT2D eigenvalue weighted by molar-refractivity contribution is 7.08. The first-order valence-electron chi connectivity index (χ1n) is 5.28. The van der Waals surface area contributed by atoms with E-state index in [0.717, 1.165) is 27.7 Å². The van der Waals surface area contributed by atoms with Crippen molar-refractivity contribution in [2.75, 3.05) is 0 Å². The van der Waals surface area contributed by atoms with Crippen molar-refractivity contribution in [3.63, 3.8) is 0 Å². The zero-order chi connectivity index (χ0) is 11.7. The van der Waals surface area contributed by atoms with Crippen molar-refractivity contribution in [1.29, 1.82) is 0 Å². The van der Waals surface area contributed by atoms with Crippen molar-refractivity contribution in [3.05, 3.63) is 53.5 Å². The van der Waals surface area contributed by atoms with E-state index < -0.39 is 0 Å². The minimum Gasteiger partial charge on any atom is -0.262 e. The van der Waals surface area contributed by atoms with E-state index >= 15 is 0 Å².